The van der Waals surface area contributed by atoms with Gasteiger partial charge in [-0.1, -0.05) is 5.16 Å². The molecule has 1 N–H and O–H groups in total. The molecule has 10 heteroatoms. The van der Waals surface area contributed by atoms with Gasteiger partial charge in [0.15, 0.2) is 0 Å². The van der Waals surface area contributed by atoms with E-state index in [0.29, 0.717) is 50.0 Å². The van der Waals surface area contributed by atoms with Gasteiger partial charge < -0.3 is 14.7 Å². The van der Waals surface area contributed by atoms with Crippen molar-refractivity contribution in [1.29, 1.82) is 0 Å². The van der Waals surface area contributed by atoms with Crippen LogP contribution in [0, 0.1) is 5.92 Å². The maximum absolute atomic E-state index is 12.5. The minimum absolute atomic E-state index is 0.216. The summed E-state index contributed by atoms with van der Waals surface area (Å²) in [6, 6.07) is -0.543. The molecular formula is C16H19N7O3. The fourth-order valence-electron chi connectivity index (χ4n) is 3.33. The van der Waals surface area contributed by atoms with E-state index in [9.17, 15) is 9.59 Å². The van der Waals surface area contributed by atoms with Gasteiger partial charge in [0.2, 0.25) is 11.7 Å². The van der Waals surface area contributed by atoms with Gasteiger partial charge in [-0.25, -0.2) is 19.5 Å². The van der Waals surface area contributed by atoms with Crippen molar-refractivity contribution in [3.63, 3.8) is 0 Å². The van der Waals surface area contributed by atoms with Crippen LogP contribution in [0.1, 0.15) is 18.7 Å². The quantitative estimate of drug-likeness (QED) is 0.868. The third kappa shape index (κ3) is 3.35. The van der Waals surface area contributed by atoms with E-state index in [1.807, 2.05) is 0 Å². The number of nitrogens with one attached hydrogen (secondary N) is 1. The van der Waals surface area contributed by atoms with Gasteiger partial charge in [0.05, 0.1) is 6.20 Å². The standard InChI is InChI=1S/C16H19N7O3/c24-15-19-5-7-23(15)16(25)22-6-1-2-11(10-22)8-13-20-14(21-26-13)12-9-17-3-4-18-12/h3-4,9,11H,1-2,5-8,10H2,(H,19,24)/t11-/m0/s1. The highest BCUT2D eigenvalue weighted by Crippen LogP contribution is 2.22. The first-order valence-corrected chi connectivity index (χ1v) is 8.64. The van der Waals surface area contributed by atoms with Gasteiger partial charge in [0.25, 0.3) is 0 Å². The van der Waals surface area contributed by atoms with Crippen molar-refractivity contribution in [2.75, 3.05) is 26.2 Å². The molecule has 136 valence electrons. The van der Waals surface area contributed by atoms with Gasteiger partial charge in [0.1, 0.15) is 5.69 Å². The zero-order chi connectivity index (χ0) is 17.9. The molecule has 0 spiro atoms. The number of aromatic nitrogens is 4. The Balaban J connectivity index is 1.39. The molecule has 2 aliphatic heterocycles. The first kappa shape index (κ1) is 16.4. The van der Waals surface area contributed by atoms with Gasteiger partial charge in [0, 0.05) is 45.0 Å². The second kappa shape index (κ2) is 7.06. The van der Waals surface area contributed by atoms with Crippen LogP contribution in [0.15, 0.2) is 23.1 Å². The number of amides is 4. The third-order valence-corrected chi connectivity index (χ3v) is 4.60. The molecule has 10 nitrogen and oxygen atoms in total. The maximum Gasteiger partial charge on any atom is 0.328 e. The molecular weight excluding hydrogens is 338 g/mol. The summed E-state index contributed by atoms with van der Waals surface area (Å²) in [7, 11) is 0. The molecule has 2 aliphatic rings. The Kier molecular flexibility index (Phi) is 4.46. The lowest BCUT2D eigenvalue weighted by Gasteiger charge is -2.33. The summed E-state index contributed by atoms with van der Waals surface area (Å²) in [4.78, 5) is 39.7. The van der Waals surface area contributed by atoms with Gasteiger partial charge in [-0.15, -0.1) is 0 Å². The highest BCUT2D eigenvalue weighted by atomic mass is 16.5. The minimum atomic E-state index is -0.317. The van der Waals surface area contributed by atoms with Crippen molar-refractivity contribution < 1.29 is 14.1 Å². The van der Waals surface area contributed by atoms with E-state index in [2.05, 4.69) is 25.4 Å². The molecule has 26 heavy (non-hydrogen) atoms. The number of rotatable bonds is 3. The Morgan fingerprint density at radius 2 is 2.27 bits per heavy atom. The Bertz CT molecular complexity index is 794. The maximum atomic E-state index is 12.5. The van der Waals surface area contributed by atoms with Crippen molar-refractivity contribution in [3.05, 3.63) is 24.5 Å². The summed E-state index contributed by atoms with van der Waals surface area (Å²) < 4.78 is 5.33. The van der Waals surface area contributed by atoms with Crippen molar-refractivity contribution in [1.82, 2.24) is 35.2 Å². The van der Waals surface area contributed by atoms with E-state index >= 15 is 0 Å². The van der Waals surface area contributed by atoms with Crippen molar-refractivity contribution in [3.8, 4) is 11.5 Å². The lowest BCUT2D eigenvalue weighted by molar-refractivity contribution is 0.137. The summed E-state index contributed by atoms with van der Waals surface area (Å²) >= 11 is 0. The highest BCUT2D eigenvalue weighted by molar-refractivity contribution is 5.95. The summed E-state index contributed by atoms with van der Waals surface area (Å²) in [6.07, 6.45) is 7.18. The van der Waals surface area contributed by atoms with E-state index in [0.717, 1.165) is 12.8 Å². The van der Waals surface area contributed by atoms with Crippen LogP contribution in [0.3, 0.4) is 0 Å². The molecule has 0 radical (unpaired) electrons. The van der Waals surface area contributed by atoms with Gasteiger partial charge in [-0.3, -0.25) is 4.98 Å². The first-order valence-electron chi connectivity index (χ1n) is 8.64. The second-order valence-electron chi connectivity index (χ2n) is 6.43. The average molecular weight is 357 g/mol. The van der Waals surface area contributed by atoms with Crippen molar-refractivity contribution >= 4 is 12.1 Å². The van der Waals surface area contributed by atoms with Crippen molar-refractivity contribution in [2.24, 2.45) is 5.92 Å². The molecule has 0 aromatic carbocycles. The fraction of sp³-hybridized carbons (Fsp3) is 0.500. The van der Waals surface area contributed by atoms with Gasteiger partial charge in [-0.2, -0.15) is 4.98 Å². The Hall–Kier alpha value is -3.04. The minimum Gasteiger partial charge on any atom is -0.339 e. The van der Waals surface area contributed by atoms with Crippen LogP contribution in [0.25, 0.3) is 11.5 Å². The molecule has 0 aliphatic carbocycles. The van der Waals surface area contributed by atoms with E-state index in [-0.39, 0.29) is 18.0 Å². The van der Waals surface area contributed by atoms with E-state index in [1.54, 1.807) is 23.5 Å². The predicted molar refractivity (Wildman–Crippen MR) is 88.8 cm³/mol. The summed E-state index contributed by atoms with van der Waals surface area (Å²) in [5.41, 5.74) is 0.558. The van der Waals surface area contributed by atoms with Crippen LogP contribution in [0.5, 0.6) is 0 Å². The molecule has 2 fully saturated rings. The topological polar surface area (TPSA) is 117 Å². The number of carbonyl (C=O) groups is 2. The SMILES string of the molecule is O=C1NCCN1C(=O)N1CCC[C@@H](Cc2nc(-c3cnccn3)no2)C1. The average Bonchev–Trinajstić information content (AvgIpc) is 3.31. The Labute approximate surface area is 149 Å². The van der Waals surface area contributed by atoms with Crippen LogP contribution in [0.4, 0.5) is 9.59 Å². The molecule has 1 atom stereocenters. The zero-order valence-electron chi connectivity index (χ0n) is 14.2. The van der Waals surface area contributed by atoms with Gasteiger partial charge >= 0.3 is 12.1 Å². The zero-order valence-corrected chi connectivity index (χ0v) is 14.2. The van der Waals surface area contributed by atoms with E-state index < -0.39 is 0 Å². The summed E-state index contributed by atoms with van der Waals surface area (Å²) in [5.74, 6) is 1.14. The fourth-order valence-corrected chi connectivity index (χ4v) is 3.33. The van der Waals surface area contributed by atoms with Crippen LogP contribution < -0.4 is 5.32 Å². The highest BCUT2D eigenvalue weighted by Gasteiger charge is 2.33. The van der Waals surface area contributed by atoms with Crippen LogP contribution >= 0.6 is 0 Å². The number of nitrogens with zero attached hydrogens (tertiary/aromatic N) is 6. The number of carbonyl (C=O) groups excluding carboxylic acids is 2. The molecule has 2 aromatic heterocycles. The van der Waals surface area contributed by atoms with Crippen LogP contribution in [0.2, 0.25) is 0 Å². The molecule has 0 bridgehead atoms. The summed E-state index contributed by atoms with van der Waals surface area (Å²) in [5, 5.41) is 6.60. The molecule has 4 rings (SSSR count). The largest absolute Gasteiger partial charge is 0.339 e. The molecule has 2 saturated heterocycles. The van der Waals surface area contributed by atoms with E-state index in [4.69, 9.17) is 4.52 Å². The van der Waals surface area contributed by atoms with Crippen molar-refractivity contribution in [2.45, 2.75) is 19.3 Å². The second-order valence-corrected chi connectivity index (χ2v) is 6.43. The molecule has 2 aromatic rings. The number of likely N-dealkylation sites (tertiary alicyclic amines) is 1. The van der Waals surface area contributed by atoms with Crippen LogP contribution in [-0.4, -0.2) is 68.1 Å². The molecule has 0 unspecified atom stereocenters. The molecule has 0 saturated carbocycles. The lowest BCUT2D eigenvalue weighted by Crippen LogP contribution is -2.48. The number of imide groups is 1. The van der Waals surface area contributed by atoms with E-state index in [1.165, 1.54) is 4.90 Å². The Morgan fingerprint density at radius 3 is 3.04 bits per heavy atom. The Morgan fingerprint density at radius 1 is 1.35 bits per heavy atom. The third-order valence-electron chi connectivity index (χ3n) is 4.60. The summed E-state index contributed by atoms with van der Waals surface area (Å²) in [6.45, 7) is 2.16. The molecule has 4 amide bonds. The normalized spacial score (nSPS) is 20.3. The monoisotopic (exact) mass is 357 g/mol. The number of hydrogen-bond donors (Lipinski definition) is 1. The predicted octanol–water partition coefficient (Wildman–Crippen LogP) is 0.926. The smallest absolute Gasteiger partial charge is 0.328 e. The van der Waals surface area contributed by atoms with Crippen LogP contribution in [-0.2, 0) is 6.42 Å². The number of piperidine rings is 1. The van der Waals surface area contributed by atoms with Gasteiger partial charge in [-0.05, 0) is 18.8 Å². The lowest BCUT2D eigenvalue weighted by atomic mass is 9.95. The number of urea groups is 2. The molecule has 4 heterocycles. The first-order chi connectivity index (χ1) is 12.7. The number of hydrogen-bond acceptors (Lipinski definition) is 7.